The van der Waals surface area contributed by atoms with Gasteiger partial charge in [-0.05, 0) is 105 Å². The molecule has 2 N–H and O–H groups in total. The van der Waals surface area contributed by atoms with Crippen molar-refractivity contribution in [2.75, 3.05) is 42.8 Å². The molecule has 0 aliphatic carbocycles. The number of hydrogen-bond donors (Lipinski definition) is 2. The summed E-state index contributed by atoms with van der Waals surface area (Å²) in [6.07, 6.45) is -5.69. The maximum atomic E-state index is 14.3. The predicted molar refractivity (Wildman–Crippen MR) is 266 cm³/mol. The van der Waals surface area contributed by atoms with Crippen molar-refractivity contribution in [3.63, 3.8) is 0 Å². The first kappa shape index (κ1) is 51.4. The van der Waals surface area contributed by atoms with Crippen LogP contribution in [0.3, 0.4) is 0 Å². The monoisotopic (exact) mass is 1020 g/mol. The van der Waals surface area contributed by atoms with Crippen molar-refractivity contribution in [3.8, 4) is 28.0 Å². The van der Waals surface area contributed by atoms with E-state index in [0.29, 0.717) is 28.3 Å². The Morgan fingerprint density at radius 2 is 1.69 bits per heavy atom. The second kappa shape index (κ2) is 21.0. The summed E-state index contributed by atoms with van der Waals surface area (Å²) in [6, 6.07) is 22.4. The number of aliphatic hydroxyl groups is 1. The number of rotatable bonds is 17. The van der Waals surface area contributed by atoms with Gasteiger partial charge in [0.1, 0.15) is 42.3 Å². The number of carbonyl (C=O) groups is 4. The number of thiazole rings is 1. The number of aromatic nitrogens is 1. The molecule has 4 amide bonds. The van der Waals surface area contributed by atoms with Crippen molar-refractivity contribution >= 4 is 63.7 Å². The van der Waals surface area contributed by atoms with Gasteiger partial charge in [0.25, 0.3) is 11.8 Å². The molecule has 2 fully saturated rings. The molecule has 20 heteroatoms. The molecule has 3 aliphatic heterocycles. The van der Waals surface area contributed by atoms with Crippen LogP contribution in [-0.2, 0) is 38.4 Å². The van der Waals surface area contributed by atoms with Gasteiger partial charge in [-0.2, -0.15) is 18.4 Å². The number of benzene rings is 4. The number of halogens is 3. The number of hydrogen-bond acceptors (Lipinski definition) is 12. The second-order valence-corrected chi connectivity index (χ2v) is 19.7. The number of aryl methyl sites for hydroxylation is 1. The number of thiocarbonyl (C=S) groups is 1. The largest absolute Gasteiger partial charge is 0.491 e. The summed E-state index contributed by atoms with van der Waals surface area (Å²) in [6.45, 7) is 9.87. The van der Waals surface area contributed by atoms with Crippen molar-refractivity contribution in [1.29, 1.82) is 5.26 Å². The third-order valence-corrected chi connectivity index (χ3v) is 14.2. The van der Waals surface area contributed by atoms with E-state index in [1.165, 1.54) is 22.3 Å². The van der Waals surface area contributed by atoms with E-state index in [9.17, 15) is 42.7 Å². The number of ether oxygens (including phenoxy) is 3. The van der Waals surface area contributed by atoms with E-state index < -0.39 is 58.8 Å². The molecule has 0 radical (unpaired) electrons. The molecular formula is C52H52F3N7O8S2. The molecule has 3 atom stereocenters. The zero-order valence-electron chi connectivity index (χ0n) is 40.1. The Labute approximate surface area is 423 Å². The maximum Gasteiger partial charge on any atom is 0.417 e. The molecule has 4 aromatic carbocycles. The first-order chi connectivity index (χ1) is 34.3. The van der Waals surface area contributed by atoms with Crippen molar-refractivity contribution in [2.45, 2.75) is 84.0 Å². The molecule has 0 spiro atoms. The van der Waals surface area contributed by atoms with E-state index in [2.05, 4.69) is 10.3 Å². The van der Waals surface area contributed by atoms with Gasteiger partial charge >= 0.3 is 6.18 Å². The van der Waals surface area contributed by atoms with Crippen LogP contribution in [0.1, 0.15) is 72.4 Å². The highest BCUT2D eigenvalue weighted by Gasteiger charge is 2.51. The summed E-state index contributed by atoms with van der Waals surface area (Å²) in [5.41, 5.74) is 2.94. The van der Waals surface area contributed by atoms with Gasteiger partial charge in [0.05, 0.1) is 58.3 Å². The van der Waals surface area contributed by atoms with E-state index in [-0.39, 0.29) is 75.1 Å². The fraction of sp³-hybridized carbons (Fsp3) is 0.365. The van der Waals surface area contributed by atoms with Crippen LogP contribution in [0.25, 0.3) is 10.4 Å². The lowest BCUT2D eigenvalue weighted by molar-refractivity contribution is -0.143. The van der Waals surface area contributed by atoms with Gasteiger partial charge < -0.3 is 39.3 Å². The Hall–Kier alpha value is -6.92. The number of likely N-dealkylation sites (tertiary alicyclic amines) is 1. The summed E-state index contributed by atoms with van der Waals surface area (Å²) in [5, 5.41) is 22.9. The average Bonchev–Trinajstić information content (AvgIpc) is 4.09. The fourth-order valence-electron chi connectivity index (χ4n) is 9.29. The van der Waals surface area contributed by atoms with Crippen LogP contribution >= 0.6 is 23.6 Å². The quantitative estimate of drug-likeness (QED) is 0.0688. The number of fused-ring (bicyclic) bond motifs is 1. The van der Waals surface area contributed by atoms with Crippen LogP contribution in [0.2, 0.25) is 0 Å². The highest BCUT2D eigenvalue weighted by atomic mass is 32.1. The molecule has 5 aromatic rings. The first-order valence-electron chi connectivity index (χ1n) is 23.2. The van der Waals surface area contributed by atoms with Crippen molar-refractivity contribution in [1.82, 2.24) is 20.1 Å². The van der Waals surface area contributed by atoms with Crippen molar-refractivity contribution in [3.05, 3.63) is 124 Å². The summed E-state index contributed by atoms with van der Waals surface area (Å²) < 4.78 is 59.3. The number of aliphatic hydroxyl groups excluding tert-OH is 1. The molecule has 1 unspecified atom stereocenters. The molecule has 3 aliphatic rings. The average molecular weight is 1020 g/mol. The zero-order valence-corrected chi connectivity index (χ0v) is 41.7. The maximum absolute atomic E-state index is 14.3. The smallest absolute Gasteiger partial charge is 0.417 e. The summed E-state index contributed by atoms with van der Waals surface area (Å²) >= 11 is 7.13. The van der Waals surface area contributed by atoms with Crippen LogP contribution in [0.5, 0.6) is 11.5 Å². The van der Waals surface area contributed by atoms with Gasteiger partial charge in [0.15, 0.2) is 5.11 Å². The van der Waals surface area contributed by atoms with E-state index in [4.69, 9.17) is 26.4 Å². The van der Waals surface area contributed by atoms with Crippen molar-refractivity contribution in [2.24, 2.45) is 5.92 Å². The van der Waals surface area contributed by atoms with Gasteiger partial charge in [0.2, 0.25) is 11.8 Å². The summed E-state index contributed by atoms with van der Waals surface area (Å²) in [4.78, 5) is 66.1. The highest BCUT2D eigenvalue weighted by Crippen LogP contribution is 2.40. The molecule has 0 bridgehead atoms. The number of nitrogens with one attached hydrogen (secondary N) is 1. The minimum atomic E-state index is -4.82. The molecule has 376 valence electrons. The SMILES string of the molecule is Cc1ncsc1-c1ccc(CNC(=O)[C@@H]2C[C@@H](O)CN2C(=O)C(C(C)C)N2Cc3ccccc3C2=O)c(OCCOCCOc2ccc(N3C(=S)N(c4ccc(C#N)c(C(F)(F)F)c4)C(=O)C3(C)C)cc2)c1. The molecule has 72 heavy (non-hydrogen) atoms. The Balaban J connectivity index is 0.855. The molecule has 4 heterocycles. The molecule has 8 rings (SSSR count). The fourth-order valence-corrected chi connectivity index (χ4v) is 10.6. The zero-order chi connectivity index (χ0) is 51.6. The van der Waals surface area contributed by atoms with Crippen LogP contribution < -0.4 is 24.6 Å². The molecule has 1 aromatic heterocycles. The highest BCUT2D eigenvalue weighted by molar-refractivity contribution is 7.81. The molecular weight excluding hydrogens is 972 g/mol. The van der Waals surface area contributed by atoms with Crippen LogP contribution in [-0.4, -0.2) is 105 Å². The number of alkyl halides is 3. The number of amides is 4. The number of nitrogens with zero attached hydrogens (tertiary/aromatic N) is 6. The normalized spacial score (nSPS) is 17.9. The lowest BCUT2D eigenvalue weighted by atomic mass is 10.0. The van der Waals surface area contributed by atoms with Gasteiger partial charge in [-0.15, -0.1) is 11.3 Å². The van der Waals surface area contributed by atoms with E-state index in [1.807, 2.05) is 51.1 Å². The minimum Gasteiger partial charge on any atom is -0.491 e. The Morgan fingerprint density at radius 3 is 2.36 bits per heavy atom. The van der Waals surface area contributed by atoms with E-state index >= 15 is 0 Å². The summed E-state index contributed by atoms with van der Waals surface area (Å²) in [5.74, 6) is -0.892. The van der Waals surface area contributed by atoms with Crippen molar-refractivity contribution < 1.29 is 51.7 Å². The number of carbonyl (C=O) groups excluding carboxylic acids is 4. The number of anilines is 2. The Kier molecular flexibility index (Phi) is 15.0. The van der Waals surface area contributed by atoms with E-state index in [1.54, 1.807) is 71.6 Å². The molecule has 15 nitrogen and oxygen atoms in total. The number of nitriles is 1. The predicted octanol–water partition coefficient (Wildman–Crippen LogP) is 7.66. The van der Waals surface area contributed by atoms with Gasteiger partial charge in [-0.3, -0.25) is 24.1 Å². The first-order valence-corrected chi connectivity index (χ1v) is 24.5. The lowest BCUT2D eigenvalue weighted by Gasteiger charge is -2.35. The van der Waals surface area contributed by atoms with E-state index in [0.717, 1.165) is 38.7 Å². The third-order valence-electron chi connectivity index (χ3n) is 12.9. The van der Waals surface area contributed by atoms with Crippen LogP contribution in [0.4, 0.5) is 24.5 Å². The Morgan fingerprint density at radius 1 is 0.986 bits per heavy atom. The topological polar surface area (TPSA) is 178 Å². The van der Waals surface area contributed by atoms with Gasteiger partial charge in [-0.1, -0.05) is 44.2 Å². The molecule has 2 saturated heterocycles. The molecule has 0 saturated carbocycles. The van der Waals surface area contributed by atoms with Crippen LogP contribution in [0.15, 0.2) is 90.4 Å². The van der Waals surface area contributed by atoms with Gasteiger partial charge in [-0.25, -0.2) is 4.98 Å². The Bertz CT molecular complexity index is 2940. The lowest BCUT2D eigenvalue weighted by Crippen LogP contribution is -2.55. The van der Waals surface area contributed by atoms with Crippen LogP contribution in [0, 0.1) is 24.2 Å². The van der Waals surface area contributed by atoms with Gasteiger partial charge in [0, 0.05) is 42.9 Å². The summed E-state index contributed by atoms with van der Waals surface area (Å²) in [7, 11) is 0. The second-order valence-electron chi connectivity index (χ2n) is 18.4. The third kappa shape index (κ3) is 10.4. The standard InChI is InChI=1S/C52H52F3N7O8S2/c1-30(2)44(60-27-35-8-6-7-9-40(35)47(60)65)48(66)59-28-38(63)24-42(59)46(64)57-26-34-11-10-32(45-31(3)58-29-72-45)22-43(34)70-21-19-68-18-20-69-39-16-14-36(15-17-39)62-50(71)61(49(67)51(62,4)5)37-13-12-33(25-56)41(23-37)52(53,54)55/h6-17,22-23,29-30,38,42,44,63H,18-21,24,26-28H2,1-5H3,(H,57,64)/t38-,42+,44?/m1/s1. The minimum absolute atomic E-state index is 0.0283. The number of β-amino-alcohol motifs (C(OH)–C–C–N with tert-alkyl or cyclic N) is 1.